The highest BCUT2D eigenvalue weighted by atomic mass is 16.5. The van der Waals surface area contributed by atoms with Gasteiger partial charge >= 0.3 is 0 Å². The Morgan fingerprint density at radius 3 is 2.62 bits per heavy atom. The largest absolute Gasteiger partial charge is 0.493 e. The molecule has 0 aliphatic carbocycles. The van der Waals surface area contributed by atoms with Crippen molar-refractivity contribution in [1.29, 1.82) is 0 Å². The van der Waals surface area contributed by atoms with E-state index in [1.165, 1.54) is 0 Å². The molecule has 2 atom stereocenters. The molecule has 1 aliphatic heterocycles. The first-order valence-electron chi connectivity index (χ1n) is 9.30. The average Bonchev–Trinajstić information content (AvgIpc) is 3.11. The Morgan fingerprint density at radius 1 is 1.27 bits per heavy atom. The van der Waals surface area contributed by atoms with E-state index in [9.17, 15) is 9.59 Å². The van der Waals surface area contributed by atoms with Crippen LogP contribution in [-0.2, 0) is 9.59 Å². The normalized spacial score (nSPS) is 17.9. The highest BCUT2D eigenvalue weighted by Gasteiger charge is 2.35. The van der Waals surface area contributed by atoms with Crippen LogP contribution in [0.1, 0.15) is 52.1 Å². The lowest BCUT2D eigenvalue weighted by Gasteiger charge is -2.27. The molecule has 0 saturated carbocycles. The number of nitrogens with zero attached hydrogens (tertiary/aromatic N) is 1. The van der Waals surface area contributed by atoms with E-state index in [0.29, 0.717) is 31.1 Å². The van der Waals surface area contributed by atoms with Crippen LogP contribution in [0, 0.1) is 5.92 Å². The van der Waals surface area contributed by atoms with Gasteiger partial charge in [0.25, 0.3) is 0 Å². The van der Waals surface area contributed by atoms with Crippen molar-refractivity contribution in [1.82, 2.24) is 10.2 Å². The minimum atomic E-state index is -0.378. The van der Waals surface area contributed by atoms with Gasteiger partial charge in [-0.25, -0.2) is 0 Å². The molecule has 0 aromatic heterocycles. The van der Waals surface area contributed by atoms with Gasteiger partial charge in [-0.15, -0.1) is 0 Å². The van der Waals surface area contributed by atoms with Crippen molar-refractivity contribution in [2.45, 2.75) is 52.6 Å². The predicted octanol–water partition coefficient (Wildman–Crippen LogP) is 2.92. The molecule has 1 aromatic carbocycles. The maximum atomic E-state index is 12.7. The van der Waals surface area contributed by atoms with Crippen molar-refractivity contribution >= 4 is 11.8 Å². The lowest BCUT2D eigenvalue weighted by atomic mass is 10.1. The molecule has 0 unspecified atom stereocenters. The van der Waals surface area contributed by atoms with E-state index < -0.39 is 0 Å². The summed E-state index contributed by atoms with van der Waals surface area (Å²) in [6, 6.07) is 5.08. The number of likely N-dealkylation sites (tertiary alicyclic amines) is 1. The van der Waals surface area contributed by atoms with Crippen LogP contribution < -0.4 is 14.8 Å². The first kappa shape index (κ1) is 20.1. The Balaban J connectivity index is 2.08. The van der Waals surface area contributed by atoms with Crippen LogP contribution in [0.4, 0.5) is 0 Å². The number of amides is 2. The molecular formula is C20H30N2O4. The molecule has 2 amide bonds. The lowest BCUT2D eigenvalue weighted by molar-refractivity contribution is -0.141. The summed E-state index contributed by atoms with van der Waals surface area (Å²) in [7, 11) is 1.60. The summed E-state index contributed by atoms with van der Waals surface area (Å²) in [5, 5.41) is 3.04. The third-order valence-corrected chi connectivity index (χ3v) is 4.68. The molecule has 1 saturated heterocycles. The van der Waals surface area contributed by atoms with Gasteiger partial charge in [0, 0.05) is 12.5 Å². The quantitative estimate of drug-likeness (QED) is 0.810. The molecule has 6 nitrogen and oxygen atoms in total. The molecule has 1 aliphatic rings. The van der Waals surface area contributed by atoms with Gasteiger partial charge in [-0.2, -0.15) is 0 Å². The lowest BCUT2D eigenvalue weighted by Crippen LogP contribution is -2.47. The molecule has 6 heteroatoms. The summed E-state index contributed by atoms with van der Waals surface area (Å²) in [5.74, 6) is 1.16. The van der Waals surface area contributed by atoms with E-state index in [1.54, 1.807) is 12.0 Å². The Bertz CT molecular complexity index is 645. The number of carbonyl (C=O) groups excluding carboxylic acids is 2. The summed E-state index contributed by atoms with van der Waals surface area (Å²) >= 11 is 0. The van der Waals surface area contributed by atoms with Gasteiger partial charge < -0.3 is 19.7 Å². The molecule has 1 aromatic rings. The highest BCUT2D eigenvalue weighted by molar-refractivity contribution is 5.89. The summed E-state index contributed by atoms with van der Waals surface area (Å²) < 4.78 is 10.9. The second-order valence-corrected chi connectivity index (χ2v) is 6.92. The van der Waals surface area contributed by atoms with E-state index in [0.717, 1.165) is 12.0 Å². The number of carbonyl (C=O) groups is 2. The minimum absolute atomic E-state index is 0.0399. The Morgan fingerprint density at radius 2 is 2.00 bits per heavy atom. The third-order valence-electron chi connectivity index (χ3n) is 4.68. The van der Waals surface area contributed by atoms with E-state index in [2.05, 4.69) is 5.32 Å². The van der Waals surface area contributed by atoms with Crippen LogP contribution >= 0.6 is 0 Å². The van der Waals surface area contributed by atoms with Gasteiger partial charge in [0.15, 0.2) is 11.5 Å². The summed E-state index contributed by atoms with van der Waals surface area (Å²) in [5.41, 5.74) is 0.929. The first-order chi connectivity index (χ1) is 12.4. The number of rotatable bonds is 7. The fourth-order valence-electron chi connectivity index (χ4n) is 3.26. The van der Waals surface area contributed by atoms with Crippen LogP contribution in [0.15, 0.2) is 18.2 Å². The number of hydrogen-bond acceptors (Lipinski definition) is 4. The monoisotopic (exact) mass is 362 g/mol. The second kappa shape index (κ2) is 8.92. The summed E-state index contributed by atoms with van der Waals surface area (Å²) in [6.45, 7) is 8.79. The van der Waals surface area contributed by atoms with Crippen LogP contribution in [0.25, 0.3) is 0 Å². The topological polar surface area (TPSA) is 67.9 Å². The fraction of sp³-hybridized carbons (Fsp3) is 0.600. The minimum Gasteiger partial charge on any atom is -0.493 e. The molecule has 1 heterocycles. The zero-order valence-electron chi connectivity index (χ0n) is 16.4. The highest BCUT2D eigenvalue weighted by Crippen LogP contribution is 2.30. The van der Waals surface area contributed by atoms with Crippen LogP contribution in [-0.4, -0.2) is 43.0 Å². The Kier molecular flexibility index (Phi) is 6.89. The summed E-state index contributed by atoms with van der Waals surface area (Å²) in [6.07, 6.45) is 1.57. The third kappa shape index (κ3) is 4.48. The van der Waals surface area contributed by atoms with Crippen LogP contribution in [0.2, 0.25) is 0 Å². The molecule has 26 heavy (non-hydrogen) atoms. The molecule has 2 rings (SSSR count). The van der Waals surface area contributed by atoms with Gasteiger partial charge in [0.2, 0.25) is 11.8 Å². The molecular weight excluding hydrogens is 332 g/mol. The van der Waals surface area contributed by atoms with Crippen molar-refractivity contribution in [3.8, 4) is 11.5 Å². The van der Waals surface area contributed by atoms with Gasteiger partial charge in [-0.1, -0.05) is 19.9 Å². The molecule has 0 radical (unpaired) electrons. The van der Waals surface area contributed by atoms with Crippen molar-refractivity contribution in [2.24, 2.45) is 5.92 Å². The van der Waals surface area contributed by atoms with E-state index in [4.69, 9.17) is 9.47 Å². The molecule has 144 valence electrons. The zero-order valence-corrected chi connectivity index (χ0v) is 16.4. The SMILES string of the molecule is CCOc1ccc([C@@H](C)NC(=O)[C@H]2CCCN2C(=O)C(C)C)cc1OC. The molecule has 0 bridgehead atoms. The maximum Gasteiger partial charge on any atom is 0.243 e. The van der Waals surface area contributed by atoms with Gasteiger partial charge in [-0.3, -0.25) is 9.59 Å². The smallest absolute Gasteiger partial charge is 0.243 e. The molecule has 0 spiro atoms. The number of hydrogen-bond donors (Lipinski definition) is 1. The van der Waals surface area contributed by atoms with Gasteiger partial charge in [0.1, 0.15) is 6.04 Å². The van der Waals surface area contributed by atoms with Crippen molar-refractivity contribution < 1.29 is 19.1 Å². The first-order valence-corrected chi connectivity index (χ1v) is 9.30. The number of benzene rings is 1. The number of nitrogens with one attached hydrogen (secondary N) is 1. The molecule has 1 N–H and O–H groups in total. The number of ether oxygens (including phenoxy) is 2. The second-order valence-electron chi connectivity index (χ2n) is 6.92. The standard InChI is InChI=1S/C20H30N2O4/c1-6-26-17-10-9-15(12-18(17)25-5)14(4)21-19(23)16-8-7-11-22(16)20(24)13(2)3/h9-10,12-14,16H,6-8,11H2,1-5H3,(H,21,23)/t14-,16-/m1/s1. The maximum absolute atomic E-state index is 12.7. The van der Waals surface area contributed by atoms with Crippen LogP contribution in [0.5, 0.6) is 11.5 Å². The van der Waals surface area contributed by atoms with E-state index in [-0.39, 0.29) is 29.8 Å². The average molecular weight is 362 g/mol. The Labute approximate surface area is 155 Å². The van der Waals surface area contributed by atoms with Crippen LogP contribution in [0.3, 0.4) is 0 Å². The van der Waals surface area contributed by atoms with E-state index in [1.807, 2.05) is 45.9 Å². The van der Waals surface area contributed by atoms with Crippen molar-refractivity contribution in [3.05, 3.63) is 23.8 Å². The number of methoxy groups -OCH3 is 1. The summed E-state index contributed by atoms with van der Waals surface area (Å²) in [4.78, 5) is 26.8. The molecule has 1 fully saturated rings. The fourth-order valence-corrected chi connectivity index (χ4v) is 3.26. The van der Waals surface area contributed by atoms with Gasteiger partial charge in [-0.05, 0) is 44.4 Å². The van der Waals surface area contributed by atoms with Crippen molar-refractivity contribution in [3.63, 3.8) is 0 Å². The Hall–Kier alpha value is -2.24. The van der Waals surface area contributed by atoms with Crippen molar-refractivity contribution in [2.75, 3.05) is 20.3 Å². The van der Waals surface area contributed by atoms with Gasteiger partial charge in [0.05, 0.1) is 19.8 Å². The van der Waals surface area contributed by atoms with E-state index >= 15 is 0 Å². The zero-order chi connectivity index (χ0) is 19.3. The predicted molar refractivity (Wildman–Crippen MR) is 100 cm³/mol.